The van der Waals surface area contributed by atoms with Crippen molar-refractivity contribution < 1.29 is 32.9 Å². The average Bonchev–Trinajstić information content (AvgIpc) is 2.63. The third-order valence-corrected chi connectivity index (χ3v) is 12.8. The molecule has 0 amide bonds. The monoisotopic (exact) mass is 802 g/mol. The average molecular weight is 803 g/mol. The fourth-order valence-electron chi connectivity index (χ4n) is 6.82. The van der Waals surface area contributed by atoms with Crippen molar-refractivity contribution in [3.8, 4) is 55.8 Å². The molecule has 12 rings (SSSR count). The summed E-state index contributed by atoms with van der Waals surface area (Å²) in [6, 6.07) is -6.04. The van der Waals surface area contributed by atoms with Crippen LogP contribution < -0.4 is 0 Å². The van der Waals surface area contributed by atoms with Gasteiger partial charge in [-0.1, -0.05) is 133 Å². The van der Waals surface area contributed by atoms with Crippen molar-refractivity contribution in [3.63, 3.8) is 0 Å². The molecule has 4 aromatic heterocycles. The summed E-state index contributed by atoms with van der Waals surface area (Å²) in [4.78, 5) is 9.03. The zero-order valence-corrected chi connectivity index (χ0v) is 31.0. The molecule has 0 fully saturated rings. The molecule has 12 aromatic rings. The fraction of sp³-hybridized carbons (Fsp3) is 0. The van der Waals surface area contributed by atoms with Gasteiger partial charge in [0, 0.05) is 56.0 Å². The van der Waals surface area contributed by atoms with E-state index in [1.54, 1.807) is 18.2 Å². The Hall–Kier alpha value is -6.50. The maximum atomic E-state index is 9.70. The molecule has 0 spiro atoms. The van der Waals surface area contributed by atoms with Crippen LogP contribution in [0.15, 0.2) is 182 Å². The van der Waals surface area contributed by atoms with E-state index in [4.69, 9.17) is 27.4 Å². The highest BCUT2D eigenvalue weighted by Gasteiger charge is 2.17. The Bertz CT molecular complexity index is 4950. The van der Waals surface area contributed by atoms with E-state index in [9.17, 15) is 5.48 Å². The first-order valence-corrected chi connectivity index (χ1v) is 19.5. The maximum absolute atomic E-state index is 9.70. The summed E-state index contributed by atoms with van der Waals surface area (Å²) in [7, 11) is 0. The minimum Gasteiger partial charge on any atom is -0.235 e. The number of nitrogens with zero attached hydrogens (tertiary/aromatic N) is 2. The van der Waals surface area contributed by atoms with Gasteiger partial charge in [-0.15, -0.1) is 34.0 Å². The molecule has 0 saturated carbocycles. The Kier molecular flexibility index (Phi) is 3.87. The first-order valence-electron chi connectivity index (χ1n) is 29.1. The molecule has 0 aliphatic rings. The molecule has 0 atom stereocenters. The van der Waals surface area contributed by atoms with Gasteiger partial charge in [0.25, 0.3) is 0 Å². The van der Waals surface area contributed by atoms with Crippen LogP contribution in [0.5, 0.6) is 0 Å². The van der Waals surface area contributed by atoms with Crippen LogP contribution in [0.4, 0.5) is 0 Å². The SMILES string of the molecule is [2H]c1cc([2H])c(-c2c([2H])c([2H])c([2H])c3c2sc2c([2H])c([2H])c([2H])c([2H])c23)c([2H])c1-c1ccc2sc3c(-c4c([2H])c([2H])c([2H])c(-c5c([2H])cc([2H])c(-c6c([2H])c([2H])c([2H])c7c6sc6c([2H])c([2H])c([2H])c([2H])c67)c5[2H])c4[2H])ncnc3c2c1. The zero-order valence-electron chi connectivity index (χ0n) is 52.6. The Balaban J connectivity index is 1.04. The summed E-state index contributed by atoms with van der Waals surface area (Å²) < 4.78 is 215. The highest BCUT2D eigenvalue weighted by atomic mass is 32.1. The quantitative estimate of drug-likeness (QED) is 0.173. The highest BCUT2D eigenvalue weighted by molar-refractivity contribution is 7.27. The van der Waals surface area contributed by atoms with E-state index >= 15 is 0 Å². The fourth-order valence-corrected chi connectivity index (χ4v) is 10.1. The van der Waals surface area contributed by atoms with Gasteiger partial charge in [0.1, 0.15) is 6.33 Å². The third-order valence-electron chi connectivity index (χ3n) is 9.39. The molecule has 0 N–H and O–H groups in total. The van der Waals surface area contributed by atoms with E-state index < -0.39 is 144 Å². The molecular formula is C52H30N2S3. The van der Waals surface area contributed by atoms with Gasteiger partial charge >= 0.3 is 0 Å². The molecule has 0 saturated heterocycles. The van der Waals surface area contributed by atoms with E-state index in [1.165, 1.54) is 0 Å². The predicted octanol–water partition coefficient (Wildman–Crippen LogP) is 15.9. The van der Waals surface area contributed by atoms with Crippen molar-refractivity contribution in [1.82, 2.24) is 9.97 Å². The summed E-state index contributed by atoms with van der Waals surface area (Å²) in [5, 5.41) is 0.126. The first-order chi connectivity index (χ1) is 38.2. The molecule has 5 heteroatoms. The zero-order chi connectivity index (χ0) is 58.3. The smallest absolute Gasteiger partial charge is 0.116 e. The number of hydrogen-bond acceptors (Lipinski definition) is 5. The lowest BCUT2D eigenvalue weighted by Crippen LogP contribution is -1.88. The molecule has 2 nitrogen and oxygen atoms in total. The number of fused-ring (bicyclic) bond motifs is 9. The van der Waals surface area contributed by atoms with Crippen LogP contribution in [-0.4, -0.2) is 9.97 Å². The standard InChI is InChI=1S/C52H30N2S3/c1-3-22-45-40(16-1)42-20-8-18-38(50(42)55-45)35-13-5-10-31(26-35)33-12-7-15-37(28-33)48-52-49(54-30-53-48)44-29-34(24-25-47(44)57-52)32-11-6-14-36(27-32)39-19-9-21-43-41-17-2-4-23-46(41)56-51(39)43/h1-30H/i1D,2D,3D,4D,7D,8D,9D,10D,11D,12D,13D,14D,15D,16D,17D,18D,19D,20D,21D,22D,23D,26D,27D,28D. The largest absolute Gasteiger partial charge is 0.235 e. The minimum absolute atomic E-state index is 0.00534. The van der Waals surface area contributed by atoms with Crippen LogP contribution in [0.3, 0.4) is 0 Å². The number of hydrogen-bond donors (Lipinski definition) is 0. The van der Waals surface area contributed by atoms with E-state index in [-0.39, 0.29) is 107 Å². The van der Waals surface area contributed by atoms with Crippen molar-refractivity contribution in [2.45, 2.75) is 0 Å². The van der Waals surface area contributed by atoms with E-state index in [1.807, 2.05) is 0 Å². The van der Waals surface area contributed by atoms with Gasteiger partial charge in [-0.3, -0.25) is 0 Å². The Labute approximate surface area is 374 Å². The van der Waals surface area contributed by atoms with Crippen LogP contribution >= 0.6 is 34.0 Å². The van der Waals surface area contributed by atoms with Gasteiger partial charge in [0.05, 0.1) is 48.8 Å². The van der Waals surface area contributed by atoms with Crippen molar-refractivity contribution in [2.24, 2.45) is 0 Å². The van der Waals surface area contributed by atoms with E-state index in [2.05, 4.69) is 9.97 Å². The summed E-state index contributed by atoms with van der Waals surface area (Å²) in [5.41, 5.74) is -1.80. The molecule has 8 aromatic carbocycles. The second-order valence-electron chi connectivity index (χ2n) is 12.6. The second-order valence-corrected chi connectivity index (χ2v) is 15.7. The molecule has 0 radical (unpaired) electrons. The molecule has 0 bridgehead atoms. The van der Waals surface area contributed by atoms with E-state index in [0.29, 0.717) is 10.1 Å². The second kappa shape index (κ2) is 13.0. The van der Waals surface area contributed by atoms with E-state index in [0.717, 1.165) is 52.5 Å². The Morgan fingerprint density at radius 1 is 0.386 bits per heavy atom. The lowest BCUT2D eigenvalue weighted by Gasteiger charge is -2.09. The highest BCUT2D eigenvalue weighted by Crippen LogP contribution is 2.44. The van der Waals surface area contributed by atoms with Crippen molar-refractivity contribution in [3.05, 3.63) is 182 Å². The molecule has 266 valence electrons. The van der Waals surface area contributed by atoms with Gasteiger partial charge in [-0.05, 0) is 86.9 Å². The van der Waals surface area contributed by atoms with Gasteiger partial charge in [-0.2, -0.15) is 0 Å². The summed E-state index contributed by atoms with van der Waals surface area (Å²) in [6.07, 6.45) is 1.14. The van der Waals surface area contributed by atoms with Crippen LogP contribution in [0.1, 0.15) is 32.9 Å². The van der Waals surface area contributed by atoms with Crippen LogP contribution in [0, 0.1) is 0 Å². The van der Waals surface area contributed by atoms with Gasteiger partial charge in [0.2, 0.25) is 0 Å². The van der Waals surface area contributed by atoms with Gasteiger partial charge in [-0.25, -0.2) is 9.97 Å². The molecule has 57 heavy (non-hydrogen) atoms. The first kappa shape index (κ1) is 16.9. The molecular weight excluding hydrogens is 749 g/mol. The lowest BCUT2D eigenvalue weighted by molar-refractivity contribution is 1.24. The van der Waals surface area contributed by atoms with Crippen LogP contribution in [0.25, 0.3) is 116 Å². The normalized spacial score (nSPS) is 17.8. The molecule has 0 aliphatic heterocycles. The van der Waals surface area contributed by atoms with Crippen molar-refractivity contribution >= 4 is 94.7 Å². The topological polar surface area (TPSA) is 25.8 Å². The molecule has 4 heterocycles. The Morgan fingerprint density at radius 3 is 1.60 bits per heavy atom. The summed E-state index contributed by atoms with van der Waals surface area (Å²) in [5.74, 6) is 0. The molecule has 0 aliphatic carbocycles. The maximum Gasteiger partial charge on any atom is 0.116 e. The number of benzene rings is 8. The lowest BCUT2D eigenvalue weighted by atomic mass is 9.96. The van der Waals surface area contributed by atoms with Crippen LogP contribution in [0.2, 0.25) is 0 Å². The van der Waals surface area contributed by atoms with Gasteiger partial charge in [0.15, 0.2) is 0 Å². The Morgan fingerprint density at radius 2 is 0.912 bits per heavy atom. The number of aromatic nitrogens is 2. The predicted molar refractivity (Wildman–Crippen MR) is 248 cm³/mol. The minimum atomic E-state index is -0.739. The molecule has 0 unspecified atom stereocenters. The summed E-state index contributed by atoms with van der Waals surface area (Å²) >= 11 is 2.73. The summed E-state index contributed by atoms with van der Waals surface area (Å²) in [6.45, 7) is 0. The number of thiophene rings is 3. The number of rotatable bonds is 5. The van der Waals surface area contributed by atoms with Gasteiger partial charge < -0.3 is 0 Å². The third kappa shape index (κ3) is 5.35. The van der Waals surface area contributed by atoms with Crippen LogP contribution in [-0.2, 0) is 0 Å². The van der Waals surface area contributed by atoms with Crippen molar-refractivity contribution in [1.29, 1.82) is 0 Å². The van der Waals surface area contributed by atoms with Crippen molar-refractivity contribution in [2.75, 3.05) is 0 Å².